The zero-order chi connectivity index (χ0) is 15.9. The van der Waals surface area contributed by atoms with Gasteiger partial charge in [0.15, 0.2) is 0 Å². The van der Waals surface area contributed by atoms with Gasteiger partial charge in [-0.2, -0.15) is 0 Å². The Morgan fingerprint density at radius 2 is 2.27 bits per heavy atom. The van der Waals surface area contributed by atoms with Gasteiger partial charge in [-0.25, -0.2) is 0 Å². The molecule has 1 N–H and O–H groups in total. The summed E-state index contributed by atoms with van der Waals surface area (Å²) in [6.45, 7) is 3.34. The van der Waals surface area contributed by atoms with Crippen molar-refractivity contribution in [3.05, 3.63) is 40.3 Å². The fraction of sp³-hybridized carbons (Fsp3) is 0.467. The average molecular weight is 301 g/mol. The Balaban J connectivity index is 2.20. The van der Waals surface area contributed by atoms with Crippen LogP contribution in [0, 0.1) is 5.92 Å². The van der Waals surface area contributed by atoms with Crippen molar-refractivity contribution < 1.29 is 9.59 Å². The van der Waals surface area contributed by atoms with Crippen molar-refractivity contribution in [3.8, 4) is 0 Å². The number of rotatable bonds is 6. The molecule has 1 saturated heterocycles. The minimum absolute atomic E-state index is 0.00448. The van der Waals surface area contributed by atoms with Crippen LogP contribution in [-0.4, -0.2) is 31.4 Å². The van der Waals surface area contributed by atoms with Gasteiger partial charge in [0.2, 0.25) is 5.91 Å². The Labute approximate surface area is 128 Å². The first-order chi connectivity index (χ1) is 10.7. The molecule has 1 aliphatic heterocycles. The van der Waals surface area contributed by atoms with Crippen LogP contribution in [-0.2, 0) is 4.79 Å². The van der Waals surface area contributed by atoms with Gasteiger partial charge in [0, 0.05) is 31.0 Å². The Bertz CT molecular complexity index is 610. The number of para-hydroxylation sites is 1. The van der Waals surface area contributed by atoms with Crippen LogP contribution in [0.2, 0.25) is 0 Å². The Morgan fingerprint density at radius 1 is 1.50 bits per heavy atom. The molecule has 1 aliphatic rings. The van der Waals surface area contributed by atoms with Gasteiger partial charge in [0.1, 0.15) is 0 Å². The maximum Gasteiger partial charge on any atom is 0.253 e. The number of carbonyl (C=O) groups is 2. The van der Waals surface area contributed by atoms with E-state index in [0.717, 1.165) is 6.42 Å². The van der Waals surface area contributed by atoms with Gasteiger partial charge in [0.05, 0.1) is 11.3 Å². The monoisotopic (exact) mass is 301 g/mol. The highest BCUT2D eigenvalue weighted by molar-refractivity contribution is 6.05. The molecule has 1 aromatic carbocycles. The molecule has 0 spiro atoms. The van der Waals surface area contributed by atoms with Crippen LogP contribution >= 0.6 is 0 Å². The quantitative estimate of drug-likeness (QED) is 0.496. The highest BCUT2D eigenvalue weighted by Gasteiger charge is 2.32. The predicted molar refractivity (Wildman–Crippen MR) is 83.5 cm³/mol. The van der Waals surface area contributed by atoms with E-state index in [1.165, 1.54) is 0 Å². The van der Waals surface area contributed by atoms with E-state index in [0.29, 0.717) is 37.3 Å². The Hall–Kier alpha value is -2.53. The Morgan fingerprint density at radius 3 is 3.00 bits per heavy atom. The lowest BCUT2D eigenvalue weighted by atomic mass is 10.1. The van der Waals surface area contributed by atoms with Gasteiger partial charge in [-0.3, -0.25) is 9.59 Å². The number of nitrogens with zero attached hydrogens (tertiary/aromatic N) is 4. The maximum absolute atomic E-state index is 12.2. The molecule has 7 nitrogen and oxygen atoms in total. The molecule has 0 bridgehead atoms. The van der Waals surface area contributed by atoms with Gasteiger partial charge in [-0.1, -0.05) is 24.2 Å². The molecule has 2 amide bonds. The van der Waals surface area contributed by atoms with Crippen molar-refractivity contribution in [2.75, 3.05) is 24.5 Å². The van der Waals surface area contributed by atoms with Gasteiger partial charge in [0.25, 0.3) is 5.91 Å². The largest absolute Gasteiger partial charge is 0.352 e. The second-order valence-electron chi connectivity index (χ2n) is 5.26. The predicted octanol–water partition coefficient (Wildman–Crippen LogP) is 2.49. The van der Waals surface area contributed by atoms with E-state index in [1.807, 2.05) is 6.92 Å². The van der Waals surface area contributed by atoms with E-state index >= 15 is 0 Å². The molecule has 0 aromatic heterocycles. The van der Waals surface area contributed by atoms with Gasteiger partial charge in [-0.15, -0.1) is 0 Å². The normalized spacial score (nSPS) is 17.2. The third kappa shape index (κ3) is 3.56. The van der Waals surface area contributed by atoms with E-state index in [2.05, 4.69) is 15.3 Å². The first-order valence-corrected chi connectivity index (χ1v) is 7.35. The summed E-state index contributed by atoms with van der Waals surface area (Å²) in [5.41, 5.74) is 9.49. The van der Waals surface area contributed by atoms with E-state index in [-0.39, 0.29) is 17.7 Å². The zero-order valence-electron chi connectivity index (χ0n) is 12.5. The van der Waals surface area contributed by atoms with E-state index < -0.39 is 0 Å². The van der Waals surface area contributed by atoms with Crippen LogP contribution < -0.4 is 10.2 Å². The lowest BCUT2D eigenvalue weighted by molar-refractivity contribution is -0.117. The summed E-state index contributed by atoms with van der Waals surface area (Å²) < 4.78 is 0. The second-order valence-corrected chi connectivity index (χ2v) is 5.26. The van der Waals surface area contributed by atoms with Crippen molar-refractivity contribution in [3.63, 3.8) is 0 Å². The topological polar surface area (TPSA) is 98.2 Å². The first kappa shape index (κ1) is 15.9. The summed E-state index contributed by atoms with van der Waals surface area (Å²) in [6.07, 6.45) is 1.19. The number of nitrogens with one attached hydrogen (secondary N) is 1. The summed E-state index contributed by atoms with van der Waals surface area (Å²) >= 11 is 0. The smallest absolute Gasteiger partial charge is 0.253 e. The average Bonchev–Trinajstić information content (AvgIpc) is 2.91. The maximum atomic E-state index is 12.2. The van der Waals surface area contributed by atoms with E-state index in [1.54, 1.807) is 29.2 Å². The Kier molecular flexibility index (Phi) is 5.38. The van der Waals surface area contributed by atoms with Gasteiger partial charge >= 0.3 is 0 Å². The van der Waals surface area contributed by atoms with Crippen molar-refractivity contribution in [2.45, 2.75) is 19.8 Å². The summed E-state index contributed by atoms with van der Waals surface area (Å²) in [7, 11) is 0. The fourth-order valence-electron chi connectivity index (χ4n) is 2.52. The van der Waals surface area contributed by atoms with Crippen LogP contribution in [0.25, 0.3) is 10.4 Å². The standard InChI is InChI=1S/C15H19N5O2/c1-2-7-17-15(22)12-5-3-4-6-13(12)20-10-11(8-14(20)21)9-18-19-16/h3-6,11H,2,7-10H2,1H3,(H,17,22). The van der Waals surface area contributed by atoms with Crippen LogP contribution in [0.15, 0.2) is 29.4 Å². The molecule has 0 aliphatic carbocycles. The molecule has 7 heteroatoms. The molecule has 0 saturated carbocycles. The van der Waals surface area contributed by atoms with E-state index in [4.69, 9.17) is 5.53 Å². The number of amides is 2. The van der Waals surface area contributed by atoms with Crippen LogP contribution in [0.1, 0.15) is 30.1 Å². The highest BCUT2D eigenvalue weighted by atomic mass is 16.2. The number of hydrogen-bond acceptors (Lipinski definition) is 3. The number of anilines is 1. The van der Waals surface area contributed by atoms with Crippen molar-refractivity contribution >= 4 is 17.5 Å². The minimum Gasteiger partial charge on any atom is -0.352 e. The molecule has 0 radical (unpaired) electrons. The molecular weight excluding hydrogens is 282 g/mol. The highest BCUT2D eigenvalue weighted by Crippen LogP contribution is 2.28. The third-order valence-corrected chi connectivity index (χ3v) is 3.58. The minimum atomic E-state index is -0.177. The molecule has 1 unspecified atom stereocenters. The number of azide groups is 1. The van der Waals surface area contributed by atoms with Crippen molar-refractivity contribution in [1.29, 1.82) is 0 Å². The SMILES string of the molecule is CCCNC(=O)c1ccccc1N1CC(CN=[N+]=[N-])CC1=O. The molecular formula is C15H19N5O2. The van der Waals surface area contributed by atoms with Crippen LogP contribution in [0.5, 0.6) is 0 Å². The van der Waals surface area contributed by atoms with Crippen LogP contribution in [0.3, 0.4) is 0 Å². The zero-order valence-corrected chi connectivity index (χ0v) is 12.5. The summed E-state index contributed by atoms with van der Waals surface area (Å²) in [4.78, 5) is 28.8. The number of benzene rings is 1. The number of carbonyl (C=O) groups excluding carboxylic acids is 2. The van der Waals surface area contributed by atoms with Gasteiger partial charge in [-0.05, 0) is 30.0 Å². The molecule has 2 rings (SSSR count). The van der Waals surface area contributed by atoms with E-state index in [9.17, 15) is 9.59 Å². The lowest BCUT2D eigenvalue weighted by Gasteiger charge is -2.20. The van der Waals surface area contributed by atoms with Crippen molar-refractivity contribution in [2.24, 2.45) is 11.0 Å². The molecule has 22 heavy (non-hydrogen) atoms. The molecule has 1 heterocycles. The third-order valence-electron chi connectivity index (χ3n) is 3.58. The van der Waals surface area contributed by atoms with Crippen LogP contribution in [0.4, 0.5) is 5.69 Å². The second kappa shape index (κ2) is 7.47. The summed E-state index contributed by atoms with van der Waals surface area (Å²) in [6, 6.07) is 7.07. The molecule has 116 valence electrons. The first-order valence-electron chi connectivity index (χ1n) is 7.35. The fourth-order valence-corrected chi connectivity index (χ4v) is 2.52. The summed E-state index contributed by atoms with van der Waals surface area (Å²) in [5.74, 6) is -0.229. The van der Waals surface area contributed by atoms with Crippen molar-refractivity contribution in [1.82, 2.24) is 5.32 Å². The molecule has 1 fully saturated rings. The number of hydrogen-bond donors (Lipinski definition) is 1. The lowest BCUT2D eigenvalue weighted by Crippen LogP contribution is -2.30. The summed E-state index contributed by atoms with van der Waals surface area (Å²) in [5, 5.41) is 6.37. The van der Waals surface area contributed by atoms with Gasteiger partial charge < -0.3 is 10.2 Å². The molecule has 1 aromatic rings. The molecule has 1 atom stereocenters.